The number of benzene rings is 1. The molecule has 0 radical (unpaired) electrons. The molecule has 122 valence electrons. The topological polar surface area (TPSA) is 64.6 Å². The highest BCUT2D eigenvalue weighted by Gasteiger charge is 2.18. The van der Waals surface area contributed by atoms with E-state index in [1.54, 1.807) is 0 Å². The van der Waals surface area contributed by atoms with E-state index in [1.807, 2.05) is 37.3 Å². The predicted octanol–water partition coefficient (Wildman–Crippen LogP) is 3.15. The number of amides is 1. The molecule has 1 aromatic rings. The van der Waals surface area contributed by atoms with Gasteiger partial charge in [-0.2, -0.15) is 0 Å². The van der Waals surface area contributed by atoms with E-state index in [-0.39, 0.29) is 11.9 Å². The SMILES string of the molecule is CCCOC(CCCCC(=O)OC)C(=O)Nc1ccccc1. The summed E-state index contributed by atoms with van der Waals surface area (Å²) >= 11 is 0. The largest absolute Gasteiger partial charge is 0.469 e. The lowest BCUT2D eigenvalue weighted by atomic mass is 10.1. The average Bonchev–Trinajstić information content (AvgIpc) is 2.54. The van der Waals surface area contributed by atoms with Crippen molar-refractivity contribution in [1.82, 2.24) is 0 Å². The Labute approximate surface area is 132 Å². The van der Waals surface area contributed by atoms with Crippen molar-refractivity contribution in [1.29, 1.82) is 0 Å². The molecule has 1 aromatic carbocycles. The summed E-state index contributed by atoms with van der Waals surface area (Å²) in [7, 11) is 1.38. The van der Waals surface area contributed by atoms with E-state index in [1.165, 1.54) is 7.11 Å². The van der Waals surface area contributed by atoms with Gasteiger partial charge in [-0.05, 0) is 37.8 Å². The van der Waals surface area contributed by atoms with Crippen LogP contribution in [0.3, 0.4) is 0 Å². The summed E-state index contributed by atoms with van der Waals surface area (Å²) in [5.74, 6) is -0.363. The van der Waals surface area contributed by atoms with Crippen LogP contribution in [0.25, 0.3) is 0 Å². The van der Waals surface area contributed by atoms with Gasteiger partial charge in [-0.1, -0.05) is 25.1 Å². The van der Waals surface area contributed by atoms with Gasteiger partial charge in [0, 0.05) is 18.7 Å². The van der Waals surface area contributed by atoms with Crippen LogP contribution in [0.15, 0.2) is 30.3 Å². The molecule has 22 heavy (non-hydrogen) atoms. The molecule has 1 amide bonds. The third kappa shape index (κ3) is 7.22. The van der Waals surface area contributed by atoms with Crippen molar-refractivity contribution in [3.8, 4) is 0 Å². The molecular weight excluding hydrogens is 282 g/mol. The lowest BCUT2D eigenvalue weighted by Crippen LogP contribution is -2.30. The van der Waals surface area contributed by atoms with E-state index >= 15 is 0 Å². The number of methoxy groups -OCH3 is 1. The maximum atomic E-state index is 12.3. The maximum Gasteiger partial charge on any atom is 0.305 e. The number of esters is 1. The first-order valence-electron chi connectivity index (χ1n) is 7.71. The Hall–Kier alpha value is -1.88. The molecule has 1 rings (SSSR count). The third-order valence-electron chi connectivity index (χ3n) is 3.18. The Morgan fingerprint density at radius 1 is 1.18 bits per heavy atom. The predicted molar refractivity (Wildman–Crippen MR) is 85.6 cm³/mol. The van der Waals surface area contributed by atoms with Gasteiger partial charge >= 0.3 is 5.97 Å². The molecule has 0 saturated heterocycles. The van der Waals surface area contributed by atoms with Gasteiger partial charge in [0.2, 0.25) is 0 Å². The van der Waals surface area contributed by atoms with Gasteiger partial charge in [-0.15, -0.1) is 0 Å². The Morgan fingerprint density at radius 2 is 1.91 bits per heavy atom. The monoisotopic (exact) mass is 307 g/mol. The number of anilines is 1. The number of para-hydroxylation sites is 1. The molecule has 0 aliphatic heterocycles. The van der Waals surface area contributed by atoms with Crippen molar-refractivity contribution in [2.75, 3.05) is 19.0 Å². The first-order valence-corrected chi connectivity index (χ1v) is 7.71. The minimum atomic E-state index is -0.488. The van der Waals surface area contributed by atoms with Gasteiger partial charge < -0.3 is 14.8 Å². The summed E-state index contributed by atoms with van der Waals surface area (Å²) in [6.45, 7) is 2.55. The standard InChI is InChI=1S/C17H25NO4/c1-3-13-22-15(11-7-8-12-16(19)21-2)17(20)18-14-9-5-4-6-10-14/h4-6,9-10,15H,3,7-8,11-13H2,1-2H3,(H,18,20). The lowest BCUT2D eigenvalue weighted by Gasteiger charge is -2.17. The van der Waals surface area contributed by atoms with Crippen molar-refractivity contribution in [3.05, 3.63) is 30.3 Å². The minimum Gasteiger partial charge on any atom is -0.469 e. The molecule has 0 bridgehead atoms. The van der Waals surface area contributed by atoms with Crippen molar-refractivity contribution < 1.29 is 19.1 Å². The molecule has 1 atom stereocenters. The number of nitrogens with one attached hydrogen (secondary N) is 1. The number of rotatable bonds is 10. The Bertz CT molecular complexity index is 447. The smallest absolute Gasteiger partial charge is 0.305 e. The zero-order valence-corrected chi connectivity index (χ0v) is 13.3. The molecule has 5 nitrogen and oxygen atoms in total. The van der Waals surface area contributed by atoms with Gasteiger partial charge in [0.15, 0.2) is 0 Å². The molecule has 1 N–H and O–H groups in total. The second-order valence-electron chi connectivity index (χ2n) is 5.04. The Morgan fingerprint density at radius 3 is 2.55 bits per heavy atom. The number of unbranched alkanes of at least 4 members (excludes halogenated alkanes) is 1. The molecule has 1 unspecified atom stereocenters. The maximum absolute atomic E-state index is 12.3. The zero-order chi connectivity index (χ0) is 16.2. The highest BCUT2D eigenvalue weighted by molar-refractivity contribution is 5.94. The summed E-state index contributed by atoms with van der Waals surface area (Å²) < 4.78 is 10.2. The van der Waals surface area contributed by atoms with E-state index in [4.69, 9.17) is 4.74 Å². The molecule has 0 heterocycles. The number of ether oxygens (including phenoxy) is 2. The number of hydrogen-bond acceptors (Lipinski definition) is 4. The first kappa shape index (κ1) is 18.2. The molecule has 0 aromatic heterocycles. The van der Waals surface area contributed by atoms with Gasteiger partial charge in [0.1, 0.15) is 6.10 Å². The van der Waals surface area contributed by atoms with Crippen molar-refractivity contribution in [3.63, 3.8) is 0 Å². The van der Waals surface area contributed by atoms with E-state index in [0.717, 1.165) is 18.5 Å². The summed E-state index contributed by atoms with van der Waals surface area (Å²) in [5.41, 5.74) is 0.757. The van der Waals surface area contributed by atoms with Gasteiger partial charge in [-0.25, -0.2) is 0 Å². The summed E-state index contributed by atoms with van der Waals surface area (Å²) in [6.07, 6.45) is 2.77. The average molecular weight is 307 g/mol. The van der Waals surface area contributed by atoms with Crippen LogP contribution in [0.5, 0.6) is 0 Å². The van der Waals surface area contributed by atoms with Crippen molar-refractivity contribution >= 4 is 17.6 Å². The van der Waals surface area contributed by atoms with Crippen LogP contribution in [0, 0.1) is 0 Å². The first-order chi connectivity index (χ1) is 10.7. The van der Waals surface area contributed by atoms with Crippen LogP contribution in [0.4, 0.5) is 5.69 Å². The van der Waals surface area contributed by atoms with Crippen LogP contribution in [-0.2, 0) is 19.1 Å². The second kappa shape index (κ2) is 10.8. The molecule has 0 spiro atoms. The molecule has 0 aliphatic rings. The number of carbonyl (C=O) groups excluding carboxylic acids is 2. The number of hydrogen-bond donors (Lipinski definition) is 1. The van der Waals surface area contributed by atoms with Gasteiger partial charge in [0.05, 0.1) is 7.11 Å². The van der Waals surface area contributed by atoms with Crippen LogP contribution in [-0.4, -0.2) is 31.7 Å². The quantitative estimate of drug-likeness (QED) is 0.533. The van der Waals surface area contributed by atoms with E-state index in [0.29, 0.717) is 25.9 Å². The second-order valence-corrected chi connectivity index (χ2v) is 5.04. The van der Waals surface area contributed by atoms with Crippen molar-refractivity contribution in [2.24, 2.45) is 0 Å². The summed E-state index contributed by atoms with van der Waals surface area (Å²) in [5, 5.41) is 2.86. The third-order valence-corrected chi connectivity index (χ3v) is 3.18. The van der Waals surface area contributed by atoms with Gasteiger partial charge in [0.25, 0.3) is 5.91 Å². The van der Waals surface area contributed by atoms with Crippen LogP contribution >= 0.6 is 0 Å². The Kier molecular flexibility index (Phi) is 8.91. The van der Waals surface area contributed by atoms with Crippen LogP contribution in [0.2, 0.25) is 0 Å². The fourth-order valence-corrected chi connectivity index (χ4v) is 2.00. The van der Waals surface area contributed by atoms with Crippen LogP contribution in [0.1, 0.15) is 39.0 Å². The zero-order valence-electron chi connectivity index (χ0n) is 13.3. The van der Waals surface area contributed by atoms with Crippen LogP contribution < -0.4 is 5.32 Å². The molecular formula is C17H25NO4. The molecule has 5 heteroatoms. The normalized spacial score (nSPS) is 11.7. The minimum absolute atomic E-state index is 0.141. The molecule has 0 fully saturated rings. The lowest BCUT2D eigenvalue weighted by molar-refractivity contribution is -0.140. The highest BCUT2D eigenvalue weighted by Crippen LogP contribution is 2.12. The molecule has 0 aliphatic carbocycles. The Balaban J connectivity index is 2.44. The fourth-order valence-electron chi connectivity index (χ4n) is 2.00. The van der Waals surface area contributed by atoms with E-state index < -0.39 is 6.10 Å². The fraction of sp³-hybridized carbons (Fsp3) is 0.529. The summed E-state index contributed by atoms with van der Waals surface area (Å²) in [6, 6.07) is 9.31. The van der Waals surface area contributed by atoms with E-state index in [2.05, 4.69) is 10.1 Å². The molecule has 0 saturated carbocycles. The van der Waals surface area contributed by atoms with Crippen molar-refractivity contribution in [2.45, 2.75) is 45.1 Å². The number of carbonyl (C=O) groups is 2. The van der Waals surface area contributed by atoms with E-state index in [9.17, 15) is 9.59 Å². The van der Waals surface area contributed by atoms with Gasteiger partial charge in [-0.3, -0.25) is 9.59 Å². The highest BCUT2D eigenvalue weighted by atomic mass is 16.5. The summed E-state index contributed by atoms with van der Waals surface area (Å²) in [4.78, 5) is 23.3.